The highest BCUT2D eigenvalue weighted by atomic mass is 32.2. The summed E-state index contributed by atoms with van der Waals surface area (Å²) >= 11 is 0.449. The Hall–Kier alpha value is -1.34. The van der Waals surface area contributed by atoms with Gasteiger partial charge < -0.3 is 15.7 Å². The van der Waals surface area contributed by atoms with Crippen molar-refractivity contribution < 1.29 is 18.7 Å². The quantitative estimate of drug-likeness (QED) is 0.722. The number of hydrogen-bond acceptors (Lipinski definition) is 3. The molecule has 0 spiro atoms. The van der Waals surface area contributed by atoms with Gasteiger partial charge in [0, 0.05) is 23.2 Å². The van der Waals surface area contributed by atoms with Gasteiger partial charge in [-0.1, -0.05) is 17.8 Å². The largest absolute Gasteiger partial charge is 0.396 e. The summed E-state index contributed by atoms with van der Waals surface area (Å²) in [5.74, 6) is -2.14. The summed E-state index contributed by atoms with van der Waals surface area (Å²) in [6, 6.07) is 6.17. The maximum atomic E-state index is 12.3. The maximum absolute atomic E-state index is 12.3. The van der Waals surface area contributed by atoms with E-state index in [9.17, 15) is 13.6 Å². The van der Waals surface area contributed by atoms with Gasteiger partial charge in [0.1, 0.15) is 0 Å². The predicted octanol–water partition coefficient (Wildman–Crippen LogP) is 3.67. The Bertz CT molecular complexity index is 494. The van der Waals surface area contributed by atoms with E-state index in [0.29, 0.717) is 28.3 Å². The normalized spacial score (nSPS) is 21.6. The van der Waals surface area contributed by atoms with Gasteiger partial charge in [0.05, 0.1) is 0 Å². The smallest absolute Gasteiger partial charge is 0.319 e. The number of aliphatic hydroxyl groups excluding tert-OH is 1. The van der Waals surface area contributed by atoms with Gasteiger partial charge in [-0.15, -0.1) is 0 Å². The number of benzene rings is 1. The second-order valence-corrected chi connectivity index (χ2v) is 6.47. The molecule has 2 rings (SSSR count). The Morgan fingerprint density at radius 3 is 2.68 bits per heavy atom. The molecule has 7 heteroatoms. The van der Waals surface area contributed by atoms with Crippen LogP contribution in [0.2, 0.25) is 0 Å². The molecule has 0 aromatic heterocycles. The fraction of sp³-hybridized carbons (Fsp3) is 0.533. The van der Waals surface area contributed by atoms with Crippen LogP contribution >= 0.6 is 11.8 Å². The van der Waals surface area contributed by atoms with Crippen molar-refractivity contribution in [3.05, 3.63) is 24.3 Å². The maximum Gasteiger partial charge on any atom is 0.319 e. The Morgan fingerprint density at radius 2 is 2.05 bits per heavy atom. The molecule has 0 aliphatic heterocycles. The second-order valence-electron chi connectivity index (χ2n) is 5.41. The summed E-state index contributed by atoms with van der Waals surface area (Å²) in [5, 5.41) is 14.6. The number of aliphatic hydroxyl groups is 1. The number of anilines is 1. The summed E-state index contributed by atoms with van der Waals surface area (Å²) in [7, 11) is 0. The molecule has 2 amide bonds. The number of carbonyl (C=O) groups excluding carboxylic acids is 1. The van der Waals surface area contributed by atoms with Crippen molar-refractivity contribution in [3.63, 3.8) is 0 Å². The molecule has 1 aliphatic rings. The van der Waals surface area contributed by atoms with Gasteiger partial charge in [-0.3, -0.25) is 0 Å². The van der Waals surface area contributed by atoms with Crippen LogP contribution in [0.25, 0.3) is 0 Å². The van der Waals surface area contributed by atoms with Crippen molar-refractivity contribution in [3.8, 4) is 0 Å². The van der Waals surface area contributed by atoms with Crippen molar-refractivity contribution in [2.24, 2.45) is 5.92 Å². The van der Waals surface area contributed by atoms with E-state index in [-0.39, 0.29) is 18.7 Å². The third-order valence-corrected chi connectivity index (χ3v) is 4.46. The van der Waals surface area contributed by atoms with E-state index in [1.165, 1.54) is 6.07 Å². The zero-order valence-corrected chi connectivity index (χ0v) is 12.9. The molecule has 1 aromatic rings. The monoisotopic (exact) mass is 330 g/mol. The Labute approximate surface area is 132 Å². The Kier molecular flexibility index (Phi) is 6.45. The number of amides is 2. The Balaban J connectivity index is 1.82. The highest BCUT2D eigenvalue weighted by Gasteiger charge is 2.21. The summed E-state index contributed by atoms with van der Waals surface area (Å²) < 4.78 is 24.7. The molecule has 0 bridgehead atoms. The third-order valence-electron chi connectivity index (χ3n) is 3.76. The molecule has 22 heavy (non-hydrogen) atoms. The molecule has 0 heterocycles. The summed E-state index contributed by atoms with van der Waals surface area (Å²) in [6.45, 7) is 0.202. The molecule has 3 N–H and O–H groups in total. The lowest BCUT2D eigenvalue weighted by atomic mass is 9.87. The lowest BCUT2D eigenvalue weighted by Crippen LogP contribution is -2.40. The number of urea groups is 1. The fourth-order valence-electron chi connectivity index (χ4n) is 2.59. The predicted molar refractivity (Wildman–Crippen MR) is 83.3 cm³/mol. The highest BCUT2D eigenvalue weighted by Crippen LogP contribution is 2.27. The van der Waals surface area contributed by atoms with Crippen molar-refractivity contribution in [1.29, 1.82) is 0 Å². The number of alkyl halides is 2. The molecular formula is C15H20F2N2O2S. The molecule has 1 aliphatic carbocycles. The van der Waals surface area contributed by atoms with Gasteiger partial charge in [-0.25, -0.2) is 4.79 Å². The molecule has 1 saturated carbocycles. The van der Waals surface area contributed by atoms with E-state index in [2.05, 4.69) is 10.6 Å². The number of nitrogens with one attached hydrogen (secondary N) is 2. The molecule has 1 aromatic carbocycles. The van der Waals surface area contributed by atoms with Gasteiger partial charge >= 0.3 is 6.03 Å². The van der Waals surface area contributed by atoms with Crippen molar-refractivity contribution in [1.82, 2.24) is 5.32 Å². The number of thioether (sulfide) groups is 1. The van der Waals surface area contributed by atoms with Crippen molar-refractivity contribution in [2.45, 2.75) is 42.4 Å². The van der Waals surface area contributed by atoms with E-state index < -0.39 is 5.76 Å². The van der Waals surface area contributed by atoms with E-state index in [4.69, 9.17) is 5.11 Å². The standard InChI is InChI=1S/C15H20F2N2O2S/c16-14(17)22-13-3-1-2-12(8-13)19-15(21)18-11-6-4-10(9-20)5-7-11/h1-3,8,10-11,14,20H,4-7,9H2,(H2,18,19,21). The number of carbonyl (C=O) groups is 1. The molecule has 4 nitrogen and oxygen atoms in total. The van der Waals surface area contributed by atoms with Gasteiger partial charge in [0.2, 0.25) is 0 Å². The zero-order valence-electron chi connectivity index (χ0n) is 12.1. The zero-order chi connectivity index (χ0) is 15.9. The van der Waals surface area contributed by atoms with Crippen molar-refractivity contribution >= 4 is 23.5 Å². The molecule has 0 atom stereocenters. The molecule has 0 radical (unpaired) electrons. The average Bonchev–Trinajstić information content (AvgIpc) is 2.47. The molecule has 0 unspecified atom stereocenters. The average molecular weight is 330 g/mol. The number of halogens is 2. The van der Waals surface area contributed by atoms with Crippen LogP contribution in [-0.4, -0.2) is 29.5 Å². The summed E-state index contributed by atoms with van der Waals surface area (Å²) in [4.78, 5) is 12.4. The number of hydrogen-bond donors (Lipinski definition) is 3. The van der Waals surface area contributed by atoms with Crippen LogP contribution in [0.3, 0.4) is 0 Å². The first-order chi connectivity index (χ1) is 10.6. The molecule has 1 fully saturated rings. The lowest BCUT2D eigenvalue weighted by molar-refractivity contribution is 0.176. The van der Waals surface area contributed by atoms with Crippen LogP contribution in [0.1, 0.15) is 25.7 Å². The highest BCUT2D eigenvalue weighted by molar-refractivity contribution is 7.99. The SMILES string of the molecule is O=C(Nc1cccc(SC(F)F)c1)NC1CCC(CO)CC1. The van der Waals surface area contributed by atoms with Gasteiger partial charge in [0.15, 0.2) is 0 Å². The van der Waals surface area contributed by atoms with Crippen LogP contribution in [0, 0.1) is 5.92 Å². The minimum Gasteiger partial charge on any atom is -0.396 e. The molecule has 122 valence electrons. The van der Waals surface area contributed by atoms with Gasteiger partial charge in [0.25, 0.3) is 5.76 Å². The van der Waals surface area contributed by atoms with E-state index in [1.54, 1.807) is 18.2 Å². The molecular weight excluding hydrogens is 310 g/mol. The number of rotatable bonds is 5. The minimum absolute atomic E-state index is 0.0985. The van der Waals surface area contributed by atoms with Crippen LogP contribution < -0.4 is 10.6 Å². The van der Waals surface area contributed by atoms with E-state index in [0.717, 1.165) is 25.7 Å². The first-order valence-corrected chi connectivity index (χ1v) is 8.18. The minimum atomic E-state index is -2.48. The fourth-order valence-corrected chi connectivity index (χ4v) is 3.15. The van der Waals surface area contributed by atoms with Crippen LogP contribution in [0.4, 0.5) is 19.3 Å². The summed E-state index contributed by atoms with van der Waals surface area (Å²) in [5.41, 5.74) is 0.493. The van der Waals surface area contributed by atoms with Crippen LogP contribution in [0.5, 0.6) is 0 Å². The second kappa shape index (κ2) is 8.33. The van der Waals surface area contributed by atoms with E-state index >= 15 is 0 Å². The van der Waals surface area contributed by atoms with Gasteiger partial charge in [-0.05, 0) is 49.8 Å². The van der Waals surface area contributed by atoms with Gasteiger partial charge in [-0.2, -0.15) is 8.78 Å². The third kappa shape index (κ3) is 5.46. The summed E-state index contributed by atoms with van der Waals surface area (Å²) in [6.07, 6.45) is 3.50. The first-order valence-electron chi connectivity index (χ1n) is 7.30. The first kappa shape index (κ1) is 17.0. The lowest BCUT2D eigenvalue weighted by Gasteiger charge is -2.27. The molecule has 0 saturated heterocycles. The van der Waals surface area contributed by atoms with Crippen LogP contribution in [-0.2, 0) is 0 Å². The van der Waals surface area contributed by atoms with Crippen molar-refractivity contribution in [2.75, 3.05) is 11.9 Å². The topological polar surface area (TPSA) is 61.4 Å². The van der Waals surface area contributed by atoms with Crippen LogP contribution in [0.15, 0.2) is 29.2 Å². The Morgan fingerprint density at radius 1 is 1.32 bits per heavy atom. The van der Waals surface area contributed by atoms with E-state index in [1.807, 2.05) is 0 Å².